The molecular weight excluding hydrogens is 248 g/mol. The standard InChI is InChI=1S/C14H19ClN2O/c1-9-4-3-5-10(2)17(9)14(18)11-6-7-12(15)13(16)8-11/h6-10H,3-5,16H2,1-2H3. The molecule has 1 aromatic rings. The zero-order valence-electron chi connectivity index (χ0n) is 10.8. The highest BCUT2D eigenvalue weighted by atomic mass is 35.5. The molecule has 0 aromatic heterocycles. The summed E-state index contributed by atoms with van der Waals surface area (Å²) in [7, 11) is 0. The number of piperidine rings is 1. The van der Waals surface area contributed by atoms with E-state index < -0.39 is 0 Å². The average Bonchev–Trinajstić information content (AvgIpc) is 2.32. The first-order chi connectivity index (χ1) is 8.50. The Kier molecular flexibility index (Phi) is 3.81. The highest BCUT2D eigenvalue weighted by Gasteiger charge is 2.29. The van der Waals surface area contributed by atoms with Gasteiger partial charge in [-0.2, -0.15) is 0 Å². The van der Waals surface area contributed by atoms with E-state index in [9.17, 15) is 4.79 Å². The van der Waals surface area contributed by atoms with Gasteiger partial charge in [0.05, 0.1) is 10.7 Å². The van der Waals surface area contributed by atoms with Crippen molar-refractivity contribution in [1.82, 2.24) is 4.90 Å². The van der Waals surface area contributed by atoms with E-state index in [1.807, 2.05) is 4.90 Å². The highest BCUT2D eigenvalue weighted by molar-refractivity contribution is 6.33. The van der Waals surface area contributed by atoms with Crippen LogP contribution in [-0.4, -0.2) is 22.9 Å². The molecule has 2 N–H and O–H groups in total. The molecule has 3 nitrogen and oxygen atoms in total. The van der Waals surface area contributed by atoms with Crippen LogP contribution in [0.4, 0.5) is 5.69 Å². The summed E-state index contributed by atoms with van der Waals surface area (Å²) >= 11 is 5.88. The van der Waals surface area contributed by atoms with E-state index in [0.29, 0.717) is 16.3 Å². The number of nitrogen functional groups attached to an aromatic ring is 1. The number of carbonyl (C=O) groups is 1. The lowest BCUT2D eigenvalue weighted by Gasteiger charge is -2.39. The topological polar surface area (TPSA) is 46.3 Å². The fraction of sp³-hybridized carbons (Fsp3) is 0.500. The Morgan fingerprint density at radius 1 is 1.33 bits per heavy atom. The number of benzene rings is 1. The molecular formula is C14H19ClN2O. The van der Waals surface area contributed by atoms with Gasteiger partial charge in [0.25, 0.3) is 5.91 Å². The number of halogens is 1. The summed E-state index contributed by atoms with van der Waals surface area (Å²) in [4.78, 5) is 14.5. The van der Waals surface area contributed by atoms with Gasteiger partial charge in [0.2, 0.25) is 0 Å². The minimum absolute atomic E-state index is 0.0538. The number of carbonyl (C=O) groups excluding carboxylic acids is 1. The molecule has 2 atom stereocenters. The Hall–Kier alpha value is -1.22. The number of nitrogens with zero attached hydrogens (tertiary/aromatic N) is 1. The number of hydrogen-bond donors (Lipinski definition) is 1. The summed E-state index contributed by atoms with van der Waals surface area (Å²) in [5.74, 6) is 0.0538. The first-order valence-electron chi connectivity index (χ1n) is 6.38. The van der Waals surface area contributed by atoms with E-state index in [-0.39, 0.29) is 18.0 Å². The third-order valence-electron chi connectivity index (χ3n) is 3.67. The summed E-state index contributed by atoms with van der Waals surface area (Å²) in [5, 5.41) is 0.492. The van der Waals surface area contributed by atoms with Gasteiger partial charge in [-0.25, -0.2) is 0 Å². The molecule has 98 valence electrons. The molecule has 0 bridgehead atoms. The van der Waals surface area contributed by atoms with Crippen molar-refractivity contribution in [3.05, 3.63) is 28.8 Å². The summed E-state index contributed by atoms with van der Waals surface area (Å²) in [5.41, 5.74) is 6.84. The largest absolute Gasteiger partial charge is 0.398 e. The normalized spacial score (nSPS) is 24.1. The maximum absolute atomic E-state index is 12.5. The first kappa shape index (κ1) is 13.2. The van der Waals surface area contributed by atoms with Crippen LogP contribution in [0.3, 0.4) is 0 Å². The lowest BCUT2D eigenvalue weighted by atomic mass is 9.96. The maximum atomic E-state index is 12.5. The Labute approximate surface area is 113 Å². The lowest BCUT2D eigenvalue weighted by Crippen LogP contribution is -2.47. The first-order valence-corrected chi connectivity index (χ1v) is 6.76. The van der Waals surface area contributed by atoms with Crippen LogP contribution in [0.15, 0.2) is 18.2 Å². The third-order valence-corrected chi connectivity index (χ3v) is 4.02. The predicted octanol–water partition coefficient (Wildman–Crippen LogP) is 3.33. The van der Waals surface area contributed by atoms with E-state index in [0.717, 1.165) is 12.8 Å². The molecule has 2 rings (SSSR count). The molecule has 1 saturated heterocycles. The molecule has 1 aromatic carbocycles. The van der Waals surface area contributed by atoms with Crippen LogP contribution in [-0.2, 0) is 0 Å². The van der Waals surface area contributed by atoms with Gasteiger partial charge < -0.3 is 10.6 Å². The number of nitrogens with two attached hydrogens (primary N) is 1. The van der Waals surface area contributed by atoms with Gasteiger partial charge in [-0.15, -0.1) is 0 Å². The maximum Gasteiger partial charge on any atom is 0.254 e. The van der Waals surface area contributed by atoms with Crippen LogP contribution in [0.25, 0.3) is 0 Å². The zero-order chi connectivity index (χ0) is 13.3. The van der Waals surface area contributed by atoms with Crippen LogP contribution in [0, 0.1) is 0 Å². The van der Waals surface area contributed by atoms with Gasteiger partial charge in [-0.05, 0) is 51.3 Å². The molecule has 1 heterocycles. The van der Waals surface area contributed by atoms with E-state index in [1.165, 1.54) is 6.42 Å². The summed E-state index contributed by atoms with van der Waals surface area (Å²) < 4.78 is 0. The van der Waals surface area contributed by atoms with Crippen molar-refractivity contribution in [1.29, 1.82) is 0 Å². The molecule has 18 heavy (non-hydrogen) atoms. The van der Waals surface area contributed by atoms with Crippen LogP contribution >= 0.6 is 11.6 Å². The van der Waals surface area contributed by atoms with Crippen molar-refractivity contribution in [2.75, 3.05) is 5.73 Å². The van der Waals surface area contributed by atoms with Gasteiger partial charge in [0, 0.05) is 17.6 Å². The molecule has 1 fully saturated rings. The molecule has 1 aliphatic heterocycles. The number of rotatable bonds is 1. The third kappa shape index (κ3) is 2.46. The molecule has 0 saturated carbocycles. The highest BCUT2D eigenvalue weighted by Crippen LogP contribution is 2.26. The molecule has 2 unspecified atom stereocenters. The number of likely N-dealkylation sites (tertiary alicyclic amines) is 1. The second-order valence-electron chi connectivity index (χ2n) is 5.08. The Balaban J connectivity index is 2.26. The van der Waals surface area contributed by atoms with Gasteiger partial charge >= 0.3 is 0 Å². The molecule has 4 heteroatoms. The monoisotopic (exact) mass is 266 g/mol. The van der Waals surface area contributed by atoms with Crippen molar-refractivity contribution in [3.63, 3.8) is 0 Å². The number of hydrogen-bond acceptors (Lipinski definition) is 2. The molecule has 1 aliphatic rings. The lowest BCUT2D eigenvalue weighted by molar-refractivity contribution is 0.0511. The molecule has 0 aliphatic carbocycles. The number of anilines is 1. The van der Waals surface area contributed by atoms with Gasteiger partial charge in [0.15, 0.2) is 0 Å². The zero-order valence-corrected chi connectivity index (χ0v) is 11.6. The summed E-state index contributed by atoms with van der Waals surface area (Å²) in [6.45, 7) is 4.21. The van der Waals surface area contributed by atoms with Crippen LogP contribution in [0.1, 0.15) is 43.5 Å². The smallest absolute Gasteiger partial charge is 0.254 e. The minimum atomic E-state index is 0.0538. The van der Waals surface area contributed by atoms with Crippen LogP contribution in [0.5, 0.6) is 0 Å². The Morgan fingerprint density at radius 2 is 1.94 bits per heavy atom. The van der Waals surface area contributed by atoms with Crippen molar-refractivity contribution >= 4 is 23.2 Å². The average molecular weight is 267 g/mol. The van der Waals surface area contributed by atoms with E-state index in [4.69, 9.17) is 17.3 Å². The fourth-order valence-electron chi connectivity index (χ4n) is 2.65. The molecule has 0 radical (unpaired) electrons. The second-order valence-corrected chi connectivity index (χ2v) is 5.48. The van der Waals surface area contributed by atoms with Gasteiger partial charge in [-0.3, -0.25) is 4.79 Å². The number of amides is 1. The molecule has 0 spiro atoms. The Bertz CT molecular complexity index is 451. The van der Waals surface area contributed by atoms with Crippen molar-refractivity contribution in [3.8, 4) is 0 Å². The molecule has 1 amide bonds. The quantitative estimate of drug-likeness (QED) is 0.793. The van der Waals surface area contributed by atoms with E-state index in [1.54, 1.807) is 18.2 Å². The van der Waals surface area contributed by atoms with Gasteiger partial charge in [-0.1, -0.05) is 11.6 Å². The van der Waals surface area contributed by atoms with Crippen molar-refractivity contribution in [2.45, 2.75) is 45.2 Å². The van der Waals surface area contributed by atoms with E-state index >= 15 is 0 Å². The minimum Gasteiger partial charge on any atom is -0.398 e. The summed E-state index contributed by atoms with van der Waals surface area (Å²) in [6, 6.07) is 5.67. The Morgan fingerprint density at radius 3 is 2.50 bits per heavy atom. The van der Waals surface area contributed by atoms with Gasteiger partial charge in [0.1, 0.15) is 0 Å². The SMILES string of the molecule is CC1CCCC(C)N1C(=O)c1ccc(Cl)c(N)c1. The predicted molar refractivity (Wildman–Crippen MR) is 74.8 cm³/mol. The van der Waals surface area contributed by atoms with Crippen molar-refractivity contribution < 1.29 is 4.79 Å². The van der Waals surface area contributed by atoms with Crippen molar-refractivity contribution in [2.24, 2.45) is 0 Å². The van der Waals surface area contributed by atoms with E-state index in [2.05, 4.69) is 13.8 Å². The fourth-order valence-corrected chi connectivity index (χ4v) is 2.77. The van der Waals surface area contributed by atoms with Crippen LogP contribution in [0.2, 0.25) is 5.02 Å². The second kappa shape index (κ2) is 5.19. The summed E-state index contributed by atoms with van der Waals surface area (Å²) in [6.07, 6.45) is 3.33. The van der Waals surface area contributed by atoms with Crippen LogP contribution < -0.4 is 5.73 Å².